The van der Waals surface area contributed by atoms with Crippen LogP contribution in [0.1, 0.15) is 67.5 Å². The quantitative estimate of drug-likeness (QED) is 0.334. The zero-order valence-corrected chi connectivity index (χ0v) is 15.4. The van der Waals surface area contributed by atoms with Crippen LogP contribution >= 0.6 is 0 Å². The lowest BCUT2D eigenvalue weighted by Gasteiger charge is -2.32. The minimum atomic E-state index is -2.48. The Morgan fingerprint density at radius 3 is 2.75 bits per heavy atom. The lowest BCUT2D eigenvalue weighted by atomic mass is 9.72. The summed E-state index contributed by atoms with van der Waals surface area (Å²) in [6, 6.07) is 0. The van der Waals surface area contributed by atoms with Crippen LogP contribution in [0.15, 0.2) is 58.7 Å². The molecule has 24 heavy (non-hydrogen) atoms. The van der Waals surface area contributed by atoms with Crippen molar-refractivity contribution in [1.29, 1.82) is 0 Å². The van der Waals surface area contributed by atoms with E-state index in [0.717, 1.165) is 11.1 Å². The number of hydrogen-bond donors (Lipinski definition) is 0. The molecule has 0 N–H and O–H groups in total. The van der Waals surface area contributed by atoms with Crippen LogP contribution in [0.2, 0.25) is 0 Å². The van der Waals surface area contributed by atoms with Crippen LogP contribution in [0.4, 0.5) is 0 Å². The van der Waals surface area contributed by atoms with Gasteiger partial charge in [-0.2, -0.15) is 0 Å². The molecule has 0 radical (unpaired) electrons. The predicted octanol–water partition coefficient (Wildman–Crippen LogP) is 6.08. The minimum absolute atomic E-state index is 0.0888. The summed E-state index contributed by atoms with van der Waals surface area (Å²) < 4.78 is 44.9. The summed E-state index contributed by atoms with van der Waals surface area (Å²) in [4.78, 5) is 11.4. The van der Waals surface area contributed by atoms with Crippen LogP contribution in [-0.2, 0) is 9.53 Å². The number of rotatable bonds is 6. The maximum Gasteiger partial charge on any atom is 0.330 e. The van der Waals surface area contributed by atoms with E-state index in [0.29, 0.717) is 18.6 Å². The molecule has 0 fully saturated rings. The van der Waals surface area contributed by atoms with Gasteiger partial charge in [0.05, 0.1) is 6.61 Å². The van der Waals surface area contributed by atoms with E-state index in [1.165, 1.54) is 6.08 Å². The fourth-order valence-electron chi connectivity index (χ4n) is 2.42. The molecule has 2 nitrogen and oxygen atoms in total. The Bertz CT molecular complexity index is 763. The molecule has 1 rings (SSSR count). The van der Waals surface area contributed by atoms with E-state index >= 15 is 0 Å². The summed E-state index contributed by atoms with van der Waals surface area (Å²) >= 11 is 0. The summed E-state index contributed by atoms with van der Waals surface area (Å²) in [5, 5.41) is 0. The van der Waals surface area contributed by atoms with Crippen LogP contribution < -0.4 is 0 Å². The first-order valence-corrected chi connectivity index (χ1v) is 8.34. The van der Waals surface area contributed by atoms with Crippen LogP contribution in [0.3, 0.4) is 0 Å². The van der Waals surface area contributed by atoms with E-state index < -0.39 is 18.6 Å². The van der Waals surface area contributed by atoms with Gasteiger partial charge in [0.2, 0.25) is 0 Å². The Morgan fingerprint density at radius 1 is 1.33 bits per heavy atom. The smallest absolute Gasteiger partial charge is 0.330 e. The number of hydrogen-bond acceptors (Lipinski definition) is 2. The number of carbonyl (C=O) groups is 1. The van der Waals surface area contributed by atoms with E-state index in [2.05, 4.69) is 0 Å². The molecule has 132 valence electrons. The van der Waals surface area contributed by atoms with E-state index in [1.807, 2.05) is 26.8 Å². The van der Waals surface area contributed by atoms with E-state index in [1.54, 1.807) is 38.2 Å². The Kier molecular flexibility index (Phi) is 5.31. The van der Waals surface area contributed by atoms with Crippen molar-refractivity contribution in [2.75, 3.05) is 6.61 Å². The van der Waals surface area contributed by atoms with Crippen molar-refractivity contribution in [1.82, 2.24) is 0 Å². The number of carbonyl (C=O) groups excluding carboxylic acids is 1. The topological polar surface area (TPSA) is 26.3 Å². The average Bonchev–Trinajstić information content (AvgIpc) is 2.54. The van der Waals surface area contributed by atoms with E-state index in [-0.39, 0.29) is 18.0 Å². The van der Waals surface area contributed by atoms with Gasteiger partial charge in [-0.15, -0.1) is 0 Å². The van der Waals surface area contributed by atoms with Crippen molar-refractivity contribution in [3.05, 3.63) is 58.7 Å². The van der Waals surface area contributed by atoms with Crippen LogP contribution in [-0.4, -0.2) is 12.6 Å². The van der Waals surface area contributed by atoms with Gasteiger partial charge >= 0.3 is 5.97 Å². The van der Waals surface area contributed by atoms with Gasteiger partial charge in [-0.25, -0.2) is 4.79 Å². The summed E-state index contributed by atoms with van der Waals surface area (Å²) in [5.74, 6) is -0.381. The normalized spacial score (nSPS) is 25.1. The van der Waals surface area contributed by atoms with Crippen molar-refractivity contribution in [3.63, 3.8) is 0 Å². The van der Waals surface area contributed by atoms with Crippen LogP contribution in [0.5, 0.6) is 0 Å². The van der Waals surface area contributed by atoms with Crippen molar-refractivity contribution < 1.29 is 16.4 Å². The summed E-state index contributed by atoms with van der Waals surface area (Å²) in [5.41, 5.74) is 1.67. The van der Waals surface area contributed by atoms with Crippen molar-refractivity contribution in [2.45, 2.75) is 60.7 Å². The molecule has 1 aliphatic carbocycles. The van der Waals surface area contributed by atoms with Gasteiger partial charge in [0.1, 0.15) is 0 Å². The molecular weight excluding hydrogens is 296 g/mol. The number of allylic oxidation sites excluding steroid dienone is 9. The zero-order chi connectivity index (χ0) is 22.5. The highest BCUT2D eigenvalue weighted by atomic mass is 16.5. The molecule has 0 saturated heterocycles. The fourth-order valence-corrected chi connectivity index (χ4v) is 2.42. The van der Waals surface area contributed by atoms with Gasteiger partial charge < -0.3 is 4.74 Å². The highest BCUT2D eigenvalue weighted by Gasteiger charge is 2.26. The first-order chi connectivity index (χ1) is 13.2. The van der Waals surface area contributed by atoms with Gasteiger partial charge in [0, 0.05) is 12.9 Å². The second-order valence-electron chi connectivity index (χ2n) is 6.59. The van der Waals surface area contributed by atoms with E-state index in [9.17, 15) is 4.79 Å². The predicted molar refractivity (Wildman–Crippen MR) is 103 cm³/mol. The summed E-state index contributed by atoms with van der Waals surface area (Å²) in [7, 11) is 0. The van der Waals surface area contributed by atoms with Crippen LogP contribution in [0.25, 0.3) is 0 Å². The second kappa shape index (κ2) is 9.46. The third-order valence-corrected chi connectivity index (χ3v) is 3.91. The molecule has 1 aliphatic rings. The van der Waals surface area contributed by atoms with Crippen molar-refractivity contribution in [3.8, 4) is 0 Å². The van der Waals surface area contributed by atoms with Gasteiger partial charge in [-0.3, -0.25) is 0 Å². The third-order valence-electron chi connectivity index (χ3n) is 3.91. The number of esters is 1. The second-order valence-corrected chi connectivity index (χ2v) is 6.59. The monoisotopic (exact) mass is 333 g/mol. The van der Waals surface area contributed by atoms with E-state index in [4.69, 9.17) is 11.6 Å². The Hall–Kier alpha value is -1.83. The molecule has 0 unspecified atom stereocenters. The molecule has 0 aromatic carbocycles. The molecule has 0 bridgehead atoms. The molecular formula is C22H32O2. The first-order valence-electron chi connectivity index (χ1n) is 10.8. The third kappa shape index (κ3) is 6.74. The average molecular weight is 334 g/mol. The highest BCUT2D eigenvalue weighted by Crippen LogP contribution is 2.40. The standard InChI is InChI=1S/C22H32O2/c1-7-24-21(23)16-18(3)11-8-10-17(2)13-14-20-19(4)12-9-15-22(20,5)6/h8,10-11,13-14,16H,7,9,12,15H2,1-6H3/i4D3,12D2. The van der Waals surface area contributed by atoms with Crippen molar-refractivity contribution >= 4 is 5.97 Å². The lowest BCUT2D eigenvalue weighted by Crippen LogP contribution is -2.19. The molecule has 0 amide bonds. The molecule has 0 heterocycles. The highest BCUT2D eigenvalue weighted by molar-refractivity contribution is 5.83. The maximum atomic E-state index is 11.4. The minimum Gasteiger partial charge on any atom is -0.463 e. The van der Waals surface area contributed by atoms with Gasteiger partial charge in [0.25, 0.3) is 0 Å². The molecule has 0 spiro atoms. The summed E-state index contributed by atoms with van der Waals surface area (Å²) in [6.07, 6.45) is 9.33. The van der Waals surface area contributed by atoms with Gasteiger partial charge in [-0.1, -0.05) is 55.4 Å². The Labute approximate surface area is 154 Å². The largest absolute Gasteiger partial charge is 0.463 e. The maximum absolute atomic E-state index is 11.4. The first kappa shape index (κ1) is 13.5. The molecule has 2 heteroatoms. The van der Waals surface area contributed by atoms with Gasteiger partial charge in [-0.05, 0) is 63.4 Å². The van der Waals surface area contributed by atoms with Gasteiger partial charge in [0.15, 0.2) is 0 Å². The number of ether oxygens (including phenoxy) is 1. The fraction of sp³-hybridized carbons (Fsp3) is 0.500. The molecule has 0 atom stereocenters. The molecule has 0 aliphatic heterocycles. The Balaban J connectivity index is 3.14. The SMILES string of the molecule is [2H]C([2H])([2H])C1=C(C=CC(C)=CC=CC(C)=CC(=O)OCC)C(C)(C)CCC1([2H])[2H]. The van der Waals surface area contributed by atoms with Crippen molar-refractivity contribution in [2.24, 2.45) is 5.41 Å². The molecule has 0 saturated carbocycles. The molecule has 0 aromatic heterocycles. The molecule has 0 aromatic rings. The Morgan fingerprint density at radius 2 is 2.08 bits per heavy atom. The zero-order valence-electron chi connectivity index (χ0n) is 20.4. The summed E-state index contributed by atoms with van der Waals surface area (Å²) in [6.45, 7) is 7.19. The van der Waals surface area contributed by atoms with Crippen LogP contribution in [0, 0.1) is 5.41 Å². The lowest BCUT2D eigenvalue weighted by molar-refractivity contribution is -0.137.